The summed E-state index contributed by atoms with van der Waals surface area (Å²) in [6.07, 6.45) is 0.201. The van der Waals surface area contributed by atoms with Crippen molar-refractivity contribution >= 4 is 17.5 Å². The molecule has 0 unspecified atom stereocenters. The van der Waals surface area contributed by atoms with Crippen LogP contribution in [0.15, 0.2) is 36.4 Å². The zero-order valence-electron chi connectivity index (χ0n) is 15.1. The quantitative estimate of drug-likeness (QED) is 0.850. The summed E-state index contributed by atoms with van der Waals surface area (Å²) in [6, 6.07) is 11.3. The van der Waals surface area contributed by atoms with E-state index in [1.54, 1.807) is 13.2 Å². The van der Waals surface area contributed by atoms with Crippen LogP contribution in [0.5, 0.6) is 5.75 Å². The van der Waals surface area contributed by atoms with Gasteiger partial charge in [0.2, 0.25) is 11.8 Å². The molecule has 25 heavy (non-hydrogen) atoms. The molecular formula is C20H24N2O3. The molecule has 0 bridgehead atoms. The molecule has 5 heteroatoms. The highest BCUT2D eigenvalue weighted by atomic mass is 16.5. The van der Waals surface area contributed by atoms with E-state index in [9.17, 15) is 9.59 Å². The van der Waals surface area contributed by atoms with Crippen molar-refractivity contribution in [3.8, 4) is 5.75 Å². The van der Waals surface area contributed by atoms with E-state index in [-0.39, 0.29) is 24.8 Å². The molecule has 2 aromatic rings. The average molecular weight is 340 g/mol. The highest BCUT2D eigenvalue weighted by Crippen LogP contribution is 2.21. The molecule has 2 rings (SSSR count). The number of hydrogen-bond donors (Lipinski definition) is 2. The van der Waals surface area contributed by atoms with Crippen LogP contribution in [0, 0.1) is 20.8 Å². The third-order valence-electron chi connectivity index (χ3n) is 3.89. The van der Waals surface area contributed by atoms with E-state index in [0.29, 0.717) is 5.75 Å². The maximum absolute atomic E-state index is 12.1. The zero-order chi connectivity index (χ0) is 18.4. The number of amides is 2. The smallest absolute Gasteiger partial charge is 0.243 e. The maximum Gasteiger partial charge on any atom is 0.243 e. The first-order chi connectivity index (χ1) is 11.9. The van der Waals surface area contributed by atoms with Crippen LogP contribution >= 0.6 is 0 Å². The first kappa shape index (κ1) is 18.5. The van der Waals surface area contributed by atoms with Gasteiger partial charge >= 0.3 is 0 Å². The van der Waals surface area contributed by atoms with Gasteiger partial charge in [-0.3, -0.25) is 9.59 Å². The number of carbonyl (C=O) groups excluding carboxylic acids is 2. The van der Waals surface area contributed by atoms with Crippen LogP contribution in [-0.4, -0.2) is 25.5 Å². The molecule has 0 saturated heterocycles. The second-order valence-electron chi connectivity index (χ2n) is 6.13. The van der Waals surface area contributed by atoms with Crippen molar-refractivity contribution < 1.29 is 14.3 Å². The van der Waals surface area contributed by atoms with Crippen molar-refractivity contribution in [1.82, 2.24) is 5.32 Å². The number of nitrogens with one attached hydrogen (secondary N) is 2. The topological polar surface area (TPSA) is 67.4 Å². The fourth-order valence-electron chi connectivity index (χ4n) is 2.77. The van der Waals surface area contributed by atoms with Crippen LogP contribution in [0.4, 0.5) is 5.69 Å². The number of benzene rings is 2. The van der Waals surface area contributed by atoms with Gasteiger partial charge in [0, 0.05) is 5.69 Å². The molecule has 2 aromatic carbocycles. The van der Waals surface area contributed by atoms with Crippen molar-refractivity contribution in [2.24, 2.45) is 0 Å². The number of methoxy groups -OCH3 is 1. The van der Waals surface area contributed by atoms with Gasteiger partial charge < -0.3 is 15.4 Å². The Bertz CT molecular complexity index is 761. The van der Waals surface area contributed by atoms with Gasteiger partial charge in [-0.25, -0.2) is 0 Å². The third kappa shape index (κ3) is 5.35. The number of ether oxygens (including phenoxy) is 1. The van der Waals surface area contributed by atoms with Gasteiger partial charge in [-0.1, -0.05) is 29.8 Å². The molecule has 2 amide bonds. The predicted octanol–water partition coefficient (Wildman–Crippen LogP) is 2.92. The van der Waals surface area contributed by atoms with Crippen LogP contribution in [0.2, 0.25) is 0 Å². The second kappa shape index (κ2) is 8.33. The molecule has 2 N–H and O–H groups in total. The molecule has 5 nitrogen and oxygen atoms in total. The van der Waals surface area contributed by atoms with E-state index in [4.69, 9.17) is 4.74 Å². The van der Waals surface area contributed by atoms with Crippen LogP contribution in [0.25, 0.3) is 0 Å². The Morgan fingerprint density at radius 2 is 1.68 bits per heavy atom. The Kier molecular flexibility index (Phi) is 6.17. The lowest BCUT2D eigenvalue weighted by atomic mass is 10.1. The largest absolute Gasteiger partial charge is 0.497 e. The van der Waals surface area contributed by atoms with Crippen molar-refractivity contribution in [3.63, 3.8) is 0 Å². The molecule has 0 heterocycles. The fourth-order valence-corrected chi connectivity index (χ4v) is 2.77. The van der Waals surface area contributed by atoms with E-state index in [0.717, 1.165) is 27.9 Å². The Morgan fingerprint density at radius 3 is 2.32 bits per heavy atom. The van der Waals surface area contributed by atoms with Crippen molar-refractivity contribution in [3.05, 3.63) is 58.7 Å². The second-order valence-corrected chi connectivity index (χ2v) is 6.13. The monoisotopic (exact) mass is 340 g/mol. The number of hydrogen-bond acceptors (Lipinski definition) is 3. The summed E-state index contributed by atoms with van der Waals surface area (Å²) < 4.78 is 5.14. The Morgan fingerprint density at radius 1 is 1.00 bits per heavy atom. The molecule has 0 aromatic heterocycles. The maximum atomic E-state index is 12.1. The van der Waals surface area contributed by atoms with Gasteiger partial charge in [0.15, 0.2) is 0 Å². The van der Waals surface area contributed by atoms with Crippen LogP contribution < -0.4 is 15.4 Å². The summed E-state index contributed by atoms with van der Waals surface area (Å²) in [5, 5.41) is 5.52. The molecule has 0 aliphatic rings. The van der Waals surface area contributed by atoms with E-state index in [1.165, 1.54) is 0 Å². The lowest BCUT2D eigenvalue weighted by Gasteiger charge is -2.13. The van der Waals surface area contributed by atoms with Gasteiger partial charge in [0.1, 0.15) is 5.75 Å². The summed E-state index contributed by atoms with van der Waals surface area (Å²) in [5.41, 5.74) is 4.81. The molecular weight excluding hydrogens is 316 g/mol. The van der Waals surface area contributed by atoms with Crippen molar-refractivity contribution in [2.45, 2.75) is 27.2 Å². The fraction of sp³-hybridized carbons (Fsp3) is 0.300. The minimum absolute atomic E-state index is 0.0600. The summed E-state index contributed by atoms with van der Waals surface area (Å²) in [4.78, 5) is 24.1. The third-order valence-corrected chi connectivity index (χ3v) is 3.89. The minimum atomic E-state index is -0.242. The van der Waals surface area contributed by atoms with Gasteiger partial charge in [0.25, 0.3) is 0 Å². The first-order valence-corrected chi connectivity index (χ1v) is 8.16. The summed E-state index contributed by atoms with van der Waals surface area (Å²) in [7, 11) is 1.58. The van der Waals surface area contributed by atoms with Crippen LogP contribution in [-0.2, 0) is 16.0 Å². The van der Waals surface area contributed by atoms with Gasteiger partial charge in [-0.15, -0.1) is 0 Å². The van der Waals surface area contributed by atoms with E-state index in [2.05, 4.69) is 10.6 Å². The molecule has 0 radical (unpaired) electrons. The van der Waals surface area contributed by atoms with E-state index >= 15 is 0 Å². The number of rotatable bonds is 6. The standard InChI is InChI=1S/C20H24N2O3/c1-13-8-14(2)20(15(3)9-13)22-19(24)12-21-18(23)11-16-6-5-7-17(10-16)25-4/h5-10H,11-12H2,1-4H3,(H,21,23)(H,22,24). The van der Waals surface area contributed by atoms with E-state index < -0.39 is 0 Å². The van der Waals surface area contributed by atoms with Crippen molar-refractivity contribution in [2.75, 3.05) is 19.0 Å². The lowest BCUT2D eigenvalue weighted by molar-refractivity contribution is -0.123. The molecule has 0 fully saturated rings. The Balaban J connectivity index is 1.88. The minimum Gasteiger partial charge on any atom is -0.497 e. The normalized spacial score (nSPS) is 10.2. The van der Waals surface area contributed by atoms with E-state index in [1.807, 2.05) is 51.1 Å². The molecule has 0 spiro atoms. The van der Waals surface area contributed by atoms with Gasteiger partial charge in [-0.2, -0.15) is 0 Å². The van der Waals surface area contributed by atoms with Gasteiger partial charge in [-0.05, 0) is 49.6 Å². The van der Waals surface area contributed by atoms with Crippen molar-refractivity contribution in [1.29, 1.82) is 0 Å². The molecule has 0 aliphatic heterocycles. The van der Waals surface area contributed by atoms with Crippen LogP contribution in [0.3, 0.4) is 0 Å². The Labute approximate surface area is 148 Å². The first-order valence-electron chi connectivity index (χ1n) is 8.16. The lowest BCUT2D eigenvalue weighted by Crippen LogP contribution is -2.34. The zero-order valence-corrected chi connectivity index (χ0v) is 15.1. The Hall–Kier alpha value is -2.82. The molecule has 0 saturated carbocycles. The highest BCUT2D eigenvalue weighted by Gasteiger charge is 2.10. The molecule has 0 atom stereocenters. The van der Waals surface area contributed by atoms with Crippen LogP contribution in [0.1, 0.15) is 22.3 Å². The SMILES string of the molecule is COc1cccc(CC(=O)NCC(=O)Nc2c(C)cc(C)cc2C)c1. The highest BCUT2D eigenvalue weighted by molar-refractivity contribution is 5.96. The van der Waals surface area contributed by atoms with Gasteiger partial charge in [0.05, 0.1) is 20.1 Å². The summed E-state index contributed by atoms with van der Waals surface area (Å²) in [5.74, 6) is 0.253. The molecule has 132 valence electrons. The molecule has 0 aliphatic carbocycles. The number of anilines is 1. The number of carbonyl (C=O) groups is 2. The number of aryl methyl sites for hydroxylation is 3. The average Bonchev–Trinajstić information content (AvgIpc) is 2.56. The summed E-state index contributed by atoms with van der Waals surface area (Å²) >= 11 is 0. The predicted molar refractivity (Wildman–Crippen MR) is 99.0 cm³/mol. The summed E-state index contributed by atoms with van der Waals surface area (Å²) in [6.45, 7) is 5.87.